The van der Waals surface area contributed by atoms with Crippen molar-refractivity contribution < 1.29 is 4.42 Å². The summed E-state index contributed by atoms with van der Waals surface area (Å²) >= 11 is 1.89. The molecule has 57 heavy (non-hydrogen) atoms. The smallest absolute Gasteiger partial charge is 0.143 e. The molecular formula is C54H33NOS. The SMILES string of the molecule is c1ccc(-c2cccc3c2oc2ccc(-c4ccc(N(c5ccc6ccc7ccccc7c6c5)c5cccc6c5sc5c7ccccc7ccc65)cc4)cc23)cc1. The number of furan rings is 1. The van der Waals surface area contributed by atoms with E-state index < -0.39 is 0 Å². The van der Waals surface area contributed by atoms with E-state index in [0.717, 1.165) is 55.6 Å². The van der Waals surface area contributed by atoms with Crippen LogP contribution in [0.1, 0.15) is 0 Å². The topological polar surface area (TPSA) is 16.4 Å². The molecule has 0 radical (unpaired) electrons. The van der Waals surface area contributed by atoms with Gasteiger partial charge < -0.3 is 9.32 Å². The van der Waals surface area contributed by atoms with Gasteiger partial charge in [-0.05, 0) is 91.5 Å². The molecule has 3 heteroatoms. The molecule has 0 N–H and O–H groups in total. The van der Waals surface area contributed by atoms with Crippen molar-refractivity contribution >= 4 is 103 Å². The maximum Gasteiger partial charge on any atom is 0.143 e. The molecule has 0 aliphatic heterocycles. The van der Waals surface area contributed by atoms with E-state index in [0.29, 0.717) is 0 Å². The first-order valence-corrected chi connectivity index (χ1v) is 20.2. The van der Waals surface area contributed by atoms with Crippen molar-refractivity contribution in [2.24, 2.45) is 0 Å². The summed E-state index contributed by atoms with van der Waals surface area (Å²) in [5, 5.41) is 12.4. The van der Waals surface area contributed by atoms with E-state index in [9.17, 15) is 0 Å². The molecule has 0 bridgehead atoms. The Kier molecular flexibility index (Phi) is 7.13. The van der Waals surface area contributed by atoms with Crippen LogP contribution in [0.3, 0.4) is 0 Å². The Balaban J connectivity index is 1.03. The lowest BCUT2D eigenvalue weighted by molar-refractivity contribution is 0.670. The van der Waals surface area contributed by atoms with Crippen LogP contribution in [-0.2, 0) is 0 Å². The van der Waals surface area contributed by atoms with Gasteiger partial charge in [-0.1, -0.05) is 158 Å². The van der Waals surface area contributed by atoms with Gasteiger partial charge >= 0.3 is 0 Å². The van der Waals surface area contributed by atoms with Crippen LogP contribution >= 0.6 is 11.3 Å². The zero-order valence-corrected chi connectivity index (χ0v) is 31.6. The third-order valence-electron chi connectivity index (χ3n) is 11.6. The Labute approximate surface area is 333 Å². The third-order valence-corrected chi connectivity index (χ3v) is 12.9. The molecule has 0 saturated heterocycles. The molecule has 0 fully saturated rings. The van der Waals surface area contributed by atoms with E-state index in [-0.39, 0.29) is 0 Å². The van der Waals surface area contributed by atoms with Crippen molar-refractivity contribution in [3.63, 3.8) is 0 Å². The second kappa shape index (κ2) is 12.7. The van der Waals surface area contributed by atoms with Gasteiger partial charge in [0.05, 0.1) is 10.4 Å². The highest BCUT2D eigenvalue weighted by Crippen LogP contribution is 2.47. The average Bonchev–Trinajstić information content (AvgIpc) is 3.86. The first-order valence-electron chi connectivity index (χ1n) is 19.4. The second-order valence-corrected chi connectivity index (χ2v) is 15.9. The first kappa shape index (κ1) is 32.1. The Morgan fingerprint density at radius 2 is 0.982 bits per heavy atom. The van der Waals surface area contributed by atoms with Crippen molar-refractivity contribution in [3.8, 4) is 22.3 Å². The monoisotopic (exact) mass is 743 g/mol. The van der Waals surface area contributed by atoms with Crippen LogP contribution in [0.4, 0.5) is 17.1 Å². The van der Waals surface area contributed by atoms with Gasteiger partial charge in [-0.15, -0.1) is 11.3 Å². The minimum absolute atomic E-state index is 0.896. The number of fused-ring (bicyclic) bond motifs is 11. The van der Waals surface area contributed by atoms with E-state index in [1.54, 1.807) is 0 Å². The minimum atomic E-state index is 0.896. The fraction of sp³-hybridized carbons (Fsp3) is 0. The van der Waals surface area contributed by atoms with Gasteiger partial charge in [0.1, 0.15) is 11.2 Å². The molecule has 2 nitrogen and oxygen atoms in total. The van der Waals surface area contributed by atoms with Crippen molar-refractivity contribution in [2.45, 2.75) is 0 Å². The van der Waals surface area contributed by atoms with Crippen molar-refractivity contribution in [1.29, 1.82) is 0 Å². The fourth-order valence-corrected chi connectivity index (χ4v) is 10.2. The van der Waals surface area contributed by atoms with E-state index in [2.05, 4.69) is 205 Å². The molecule has 2 heterocycles. The molecular weight excluding hydrogens is 711 g/mol. The Morgan fingerprint density at radius 1 is 0.351 bits per heavy atom. The molecule has 12 rings (SSSR count). The number of hydrogen-bond donors (Lipinski definition) is 0. The minimum Gasteiger partial charge on any atom is -0.455 e. The summed E-state index contributed by atoms with van der Waals surface area (Å²) in [6.07, 6.45) is 0. The fourth-order valence-electron chi connectivity index (χ4n) is 8.87. The maximum atomic E-state index is 6.51. The summed E-state index contributed by atoms with van der Waals surface area (Å²) in [5.74, 6) is 0. The van der Waals surface area contributed by atoms with Crippen molar-refractivity contribution in [3.05, 3.63) is 200 Å². The molecule has 10 aromatic carbocycles. The van der Waals surface area contributed by atoms with Crippen LogP contribution in [0.5, 0.6) is 0 Å². The number of thiophene rings is 1. The molecule has 12 aromatic rings. The number of anilines is 3. The van der Waals surface area contributed by atoms with E-state index >= 15 is 0 Å². The highest BCUT2D eigenvalue weighted by Gasteiger charge is 2.20. The second-order valence-electron chi connectivity index (χ2n) is 14.9. The normalized spacial score (nSPS) is 11.9. The Morgan fingerprint density at radius 3 is 1.84 bits per heavy atom. The summed E-state index contributed by atoms with van der Waals surface area (Å²) in [4.78, 5) is 2.45. The molecule has 0 amide bonds. The Hall–Kier alpha value is -7.20. The molecule has 0 saturated carbocycles. The third kappa shape index (κ3) is 5.10. The molecule has 0 unspecified atom stereocenters. The van der Waals surface area contributed by atoms with Gasteiger partial charge in [0.25, 0.3) is 0 Å². The molecule has 266 valence electrons. The number of nitrogens with zero attached hydrogens (tertiary/aromatic N) is 1. The number of benzene rings is 10. The standard InChI is InChI=1S/C54H33NOS/c1-2-10-35(11-3-1)43-16-8-17-45-49-32-39(26-31-51(49)56-52(43)45)34-22-27-40(28-23-34)55(41-29-24-38-21-20-36-12-4-6-14-42(36)48(38)33-41)50-19-9-18-46-47-30-25-37-13-5-7-15-44(37)53(47)57-54(46)50/h1-33H. The van der Waals surface area contributed by atoms with Crippen LogP contribution in [-0.4, -0.2) is 0 Å². The number of para-hydroxylation sites is 1. The number of hydrogen-bond acceptors (Lipinski definition) is 3. The van der Waals surface area contributed by atoms with Gasteiger partial charge in [-0.25, -0.2) is 0 Å². The summed E-state index contributed by atoms with van der Waals surface area (Å²) in [5.41, 5.74) is 9.80. The van der Waals surface area contributed by atoms with E-state index in [4.69, 9.17) is 4.42 Å². The maximum absolute atomic E-state index is 6.51. The first-order chi connectivity index (χ1) is 28.2. The van der Waals surface area contributed by atoms with Crippen LogP contribution in [0.25, 0.3) is 96.7 Å². The van der Waals surface area contributed by atoms with Crippen LogP contribution < -0.4 is 4.90 Å². The molecule has 2 aromatic heterocycles. The lowest BCUT2D eigenvalue weighted by Crippen LogP contribution is -2.10. The Bertz CT molecular complexity index is 3520. The predicted octanol–water partition coefficient (Wildman–Crippen LogP) is 16.2. The lowest BCUT2D eigenvalue weighted by Gasteiger charge is -2.27. The lowest BCUT2D eigenvalue weighted by atomic mass is 9.99. The van der Waals surface area contributed by atoms with Gasteiger partial charge in [-0.3, -0.25) is 0 Å². The molecule has 0 aliphatic carbocycles. The van der Waals surface area contributed by atoms with E-state index in [1.165, 1.54) is 58.2 Å². The zero-order chi connectivity index (χ0) is 37.5. The highest BCUT2D eigenvalue weighted by molar-refractivity contribution is 7.27. The summed E-state index contributed by atoms with van der Waals surface area (Å²) in [7, 11) is 0. The predicted molar refractivity (Wildman–Crippen MR) is 245 cm³/mol. The van der Waals surface area contributed by atoms with Gasteiger partial charge in [0, 0.05) is 43.2 Å². The summed E-state index contributed by atoms with van der Waals surface area (Å²) in [6, 6.07) is 72.7. The largest absolute Gasteiger partial charge is 0.455 e. The molecule has 0 aliphatic rings. The van der Waals surface area contributed by atoms with E-state index in [1.807, 2.05) is 11.3 Å². The van der Waals surface area contributed by atoms with Crippen LogP contribution in [0, 0.1) is 0 Å². The summed E-state index contributed by atoms with van der Waals surface area (Å²) < 4.78 is 9.11. The quantitative estimate of drug-likeness (QED) is 0.163. The van der Waals surface area contributed by atoms with Gasteiger partial charge in [0.15, 0.2) is 0 Å². The van der Waals surface area contributed by atoms with Crippen LogP contribution in [0.2, 0.25) is 0 Å². The summed E-state index contributed by atoms with van der Waals surface area (Å²) in [6.45, 7) is 0. The number of rotatable bonds is 5. The van der Waals surface area contributed by atoms with Gasteiger partial charge in [-0.2, -0.15) is 0 Å². The molecule has 0 spiro atoms. The average molecular weight is 744 g/mol. The van der Waals surface area contributed by atoms with Crippen LogP contribution in [0.15, 0.2) is 205 Å². The van der Waals surface area contributed by atoms with Gasteiger partial charge in [0.2, 0.25) is 0 Å². The van der Waals surface area contributed by atoms with Crippen molar-refractivity contribution in [1.82, 2.24) is 0 Å². The van der Waals surface area contributed by atoms with Crippen molar-refractivity contribution in [2.75, 3.05) is 4.90 Å². The molecule has 0 atom stereocenters. The highest BCUT2D eigenvalue weighted by atomic mass is 32.1. The zero-order valence-electron chi connectivity index (χ0n) is 30.8.